The Balaban J connectivity index is 1.91. The van der Waals surface area contributed by atoms with Gasteiger partial charge in [0.05, 0.1) is 13.2 Å². The van der Waals surface area contributed by atoms with Gasteiger partial charge in [0.1, 0.15) is 12.4 Å². The van der Waals surface area contributed by atoms with Crippen molar-refractivity contribution in [2.45, 2.75) is 26.3 Å². The second-order valence-corrected chi connectivity index (χ2v) is 6.38. The maximum atomic E-state index is 5.66. The molecule has 146 valence electrons. The summed E-state index contributed by atoms with van der Waals surface area (Å²) >= 11 is 0. The number of hydrogen-bond donors (Lipinski definition) is 2. The van der Waals surface area contributed by atoms with Gasteiger partial charge in [-0.05, 0) is 36.1 Å². The number of hydrogen-bond acceptors (Lipinski definition) is 3. The van der Waals surface area contributed by atoms with Crippen LogP contribution < -0.4 is 15.4 Å². The van der Waals surface area contributed by atoms with E-state index in [1.54, 1.807) is 7.11 Å². The fourth-order valence-corrected chi connectivity index (χ4v) is 2.64. The van der Waals surface area contributed by atoms with E-state index in [1.807, 2.05) is 24.3 Å². The molecule has 0 radical (unpaired) electrons. The minimum atomic E-state index is 0.410. The van der Waals surface area contributed by atoms with Crippen molar-refractivity contribution in [1.82, 2.24) is 10.6 Å². The zero-order valence-electron chi connectivity index (χ0n) is 16.6. The predicted octanol–water partition coefficient (Wildman–Crippen LogP) is 3.57. The molecule has 2 N–H and O–H groups in total. The number of rotatable bonds is 10. The molecule has 0 aliphatic carbocycles. The van der Waals surface area contributed by atoms with Gasteiger partial charge >= 0.3 is 0 Å². The van der Waals surface area contributed by atoms with Gasteiger partial charge in [-0.15, -0.1) is 0 Å². The molecule has 0 saturated carbocycles. The molecule has 0 amide bonds. The first-order valence-electron chi connectivity index (χ1n) is 9.50. The van der Waals surface area contributed by atoms with E-state index in [1.165, 1.54) is 5.56 Å². The predicted molar refractivity (Wildman–Crippen MR) is 111 cm³/mol. The molecule has 5 heteroatoms. The van der Waals surface area contributed by atoms with Crippen molar-refractivity contribution >= 4 is 5.96 Å². The molecule has 5 nitrogen and oxygen atoms in total. The summed E-state index contributed by atoms with van der Waals surface area (Å²) in [5, 5.41) is 6.74. The highest BCUT2D eigenvalue weighted by atomic mass is 16.5. The quantitative estimate of drug-likeness (QED) is 0.382. The Kier molecular flexibility index (Phi) is 9.21. The minimum absolute atomic E-state index is 0.410. The number of aliphatic imine (C=N–C) groups is 1. The van der Waals surface area contributed by atoms with E-state index >= 15 is 0 Å². The van der Waals surface area contributed by atoms with Crippen LogP contribution in [0.2, 0.25) is 0 Å². The van der Waals surface area contributed by atoms with E-state index < -0.39 is 0 Å². The average molecular weight is 370 g/mol. The zero-order chi connectivity index (χ0) is 19.3. The van der Waals surface area contributed by atoms with Gasteiger partial charge in [0.25, 0.3) is 0 Å². The van der Waals surface area contributed by atoms with Gasteiger partial charge in [-0.3, -0.25) is 0 Å². The highest BCUT2D eigenvalue weighted by Crippen LogP contribution is 2.15. The molecule has 2 aromatic carbocycles. The third kappa shape index (κ3) is 7.71. The number of nitrogens with zero attached hydrogens (tertiary/aromatic N) is 1. The zero-order valence-corrected chi connectivity index (χ0v) is 16.6. The maximum Gasteiger partial charge on any atom is 0.191 e. The van der Waals surface area contributed by atoms with Crippen LogP contribution in [0.3, 0.4) is 0 Å². The molecule has 0 spiro atoms. The van der Waals surface area contributed by atoms with Gasteiger partial charge in [0.2, 0.25) is 0 Å². The van der Waals surface area contributed by atoms with E-state index in [2.05, 4.69) is 54.8 Å². The Morgan fingerprint density at radius 3 is 2.59 bits per heavy atom. The van der Waals surface area contributed by atoms with Crippen molar-refractivity contribution in [3.63, 3.8) is 0 Å². The van der Waals surface area contributed by atoms with Crippen LogP contribution in [0.25, 0.3) is 0 Å². The first-order chi connectivity index (χ1) is 13.2. The van der Waals surface area contributed by atoms with Crippen molar-refractivity contribution < 1.29 is 9.47 Å². The molecular formula is C22H31N3O2. The molecule has 0 fully saturated rings. The number of nitrogens with one attached hydrogen (secondary N) is 2. The van der Waals surface area contributed by atoms with Gasteiger partial charge in [0.15, 0.2) is 5.96 Å². The molecule has 1 atom stereocenters. The van der Waals surface area contributed by atoms with Crippen molar-refractivity contribution in [3.05, 3.63) is 65.7 Å². The van der Waals surface area contributed by atoms with Gasteiger partial charge in [-0.1, -0.05) is 49.4 Å². The fraction of sp³-hybridized carbons (Fsp3) is 0.409. The van der Waals surface area contributed by atoms with E-state index in [4.69, 9.17) is 14.5 Å². The Bertz CT molecular complexity index is 689. The maximum absolute atomic E-state index is 5.66. The molecule has 0 saturated heterocycles. The summed E-state index contributed by atoms with van der Waals surface area (Å²) in [6.07, 6.45) is 0. The lowest BCUT2D eigenvalue weighted by Crippen LogP contribution is -2.39. The molecule has 0 heterocycles. The van der Waals surface area contributed by atoms with Crippen LogP contribution in [0.15, 0.2) is 59.6 Å². The van der Waals surface area contributed by atoms with Crippen LogP contribution in [0.1, 0.15) is 30.9 Å². The first-order valence-corrected chi connectivity index (χ1v) is 9.50. The van der Waals surface area contributed by atoms with Crippen LogP contribution in [0.5, 0.6) is 5.75 Å². The van der Waals surface area contributed by atoms with E-state index in [0.717, 1.165) is 30.4 Å². The van der Waals surface area contributed by atoms with Crippen molar-refractivity contribution in [1.29, 1.82) is 0 Å². The van der Waals surface area contributed by atoms with E-state index in [-0.39, 0.29) is 0 Å². The molecule has 27 heavy (non-hydrogen) atoms. The molecule has 1 unspecified atom stereocenters. The summed E-state index contributed by atoms with van der Waals surface area (Å²) in [6.45, 7) is 7.66. The van der Waals surface area contributed by atoms with Crippen LogP contribution in [-0.2, 0) is 11.3 Å². The SMILES string of the molecule is CCNC(=NCc1cccc(OCCOC)c1)NCC(C)c1ccccc1. The van der Waals surface area contributed by atoms with Crippen molar-refractivity contribution in [3.8, 4) is 5.75 Å². The summed E-state index contributed by atoms with van der Waals surface area (Å²) in [5.74, 6) is 2.08. The van der Waals surface area contributed by atoms with Gasteiger partial charge in [-0.2, -0.15) is 0 Å². The van der Waals surface area contributed by atoms with Crippen molar-refractivity contribution in [2.24, 2.45) is 4.99 Å². The second kappa shape index (κ2) is 12.0. The van der Waals surface area contributed by atoms with Crippen LogP contribution in [0.4, 0.5) is 0 Å². The molecule has 0 aliphatic heterocycles. The summed E-state index contributed by atoms with van der Waals surface area (Å²) in [7, 11) is 1.67. The molecule has 2 aromatic rings. The van der Waals surface area contributed by atoms with Gasteiger partial charge in [0, 0.05) is 20.2 Å². The normalized spacial score (nSPS) is 12.5. The Morgan fingerprint density at radius 2 is 1.85 bits per heavy atom. The molecule has 0 aromatic heterocycles. The fourth-order valence-electron chi connectivity index (χ4n) is 2.64. The largest absolute Gasteiger partial charge is 0.491 e. The van der Waals surface area contributed by atoms with E-state index in [0.29, 0.717) is 25.7 Å². The summed E-state index contributed by atoms with van der Waals surface area (Å²) in [6, 6.07) is 18.5. The molecule has 0 bridgehead atoms. The van der Waals surface area contributed by atoms with Gasteiger partial charge in [-0.25, -0.2) is 4.99 Å². The lowest BCUT2D eigenvalue weighted by atomic mass is 10.0. The number of guanidine groups is 1. The van der Waals surface area contributed by atoms with E-state index in [9.17, 15) is 0 Å². The standard InChI is InChI=1S/C22H31N3O2/c1-4-23-22(24-16-18(2)20-10-6-5-7-11-20)25-17-19-9-8-12-21(15-19)27-14-13-26-3/h5-12,15,18H,4,13-14,16-17H2,1-3H3,(H2,23,24,25). The molecule has 2 rings (SSSR count). The Labute approximate surface area is 162 Å². The second-order valence-electron chi connectivity index (χ2n) is 6.38. The summed E-state index contributed by atoms with van der Waals surface area (Å²) in [4.78, 5) is 4.70. The summed E-state index contributed by atoms with van der Waals surface area (Å²) in [5.41, 5.74) is 2.43. The number of benzene rings is 2. The van der Waals surface area contributed by atoms with Crippen LogP contribution in [-0.4, -0.2) is 39.4 Å². The molecule has 0 aliphatic rings. The number of ether oxygens (including phenoxy) is 2. The highest BCUT2D eigenvalue weighted by Gasteiger charge is 2.06. The first kappa shape index (κ1) is 20.8. The Morgan fingerprint density at radius 1 is 1.04 bits per heavy atom. The van der Waals surface area contributed by atoms with Crippen molar-refractivity contribution in [2.75, 3.05) is 33.4 Å². The minimum Gasteiger partial charge on any atom is -0.491 e. The van der Waals surface area contributed by atoms with Gasteiger partial charge < -0.3 is 20.1 Å². The van der Waals surface area contributed by atoms with Crippen LogP contribution in [0, 0.1) is 0 Å². The Hall–Kier alpha value is -2.53. The topological polar surface area (TPSA) is 54.9 Å². The lowest BCUT2D eigenvalue weighted by molar-refractivity contribution is 0.146. The van der Waals surface area contributed by atoms with Crippen LogP contribution >= 0.6 is 0 Å². The average Bonchev–Trinajstić information content (AvgIpc) is 2.71. The number of methoxy groups -OCH3 is 1. The third-order valence-electron chi connectivity index (χ3n) is 4.16. The lowest BCUT2D eigenvalue weighted by Gasteiger charge is -2.16. The third-order valence-corrected chi connectivity index (χ3v) is 4.16. The highest BCUT2D eigenvalue weighted by molar-refractivity contribution is 5.79. The smallest absolute Gasteiger partial charge is 0.191 e. The summed E-state index contributed by atoms with van der Waals surface area (Å²) < 4.78 is 10.7. The molecular weight excluding hydrogens is 338 g/mol. The monoisotopic (exact) mass is 369 g/mol.